The summed E-state index contributed by atoms with van der Waals surface area (Å²) >= 11 is 0. The van der Waals surface area contributed by atoms with E-state index in [-0.39, 0.29) is 42.6 Å². The number of benzene rings is 1. The molecule has 0 radical (unpaired) electrons. The lowest BCUT2D eigenvalue weighted by Gasteiger charge is -2.25. The van der Waals surface area contributed by atoms with E-state index in [1.807, 2.05) is 0 Å². The normalized spacial score (nSPS) is 17.0. The third-order valence-electron chi connectivity index (χ3n) is 3.94. The molecule has 0 aliphatic carbocycles. The lowest BCUT2D eigenvalue weighted by molar-refractivity contribution is -0.138. The molecule has 1 fully saturated rings. The maximum absolute atomic E-state index is 12.4. The van der Waals surface area contributed by atoms with Crippen LogP contribution in [0.15, 0.2) is 24.3 Å². The van der Waals surface area contributed by atoms with E-state index in [4.69, 9.17) is 5.11 Å². The molecular formula is C17H20N2O5. The maximum Gasteiger partial charge on any atom is 0.323 e. The van der Waals surface area contributed by atoms with E-state index in [1.165, 1.54) is 4.90 Å². The number of nitrogens with zero attached hydrogens (tertiary/aromatic N) is 1. The highest BCUT2D eigenvalue weighted by Crippen LogP contribution is 2.18. The highest BCUT2D eigenvalue weighted by molar-refractivity contribution is 6.03. The standard InChI is InChI=1S/C17H20N2O5/c1-10(2)19(9-15(21)22)17(24)12-5-3-11(4-6-12)7-13-8-14(20)18-16(13)23/h3-6,10,13H,7-9H2,1-2H3,(H,21,22)(H,18,20,23). The fourth-order valence-corrected chi connectivity index (χ4v) is 2.64. The van der Waals surface area contributed by atoms with Crippen LogP contribution in [0.5, 0.6) is 0 Å². The van der Waals surface area contributed by atoms with Crippen molar-refractivity contribution >= 4 is 23.7 Å². The number of carbonyl (C=O) groups excluding carboxylic acids is 3. The van der Waals surface area contributed by atoms with Crippen LogP contribution in [-0.4, -0.2) is 46.3 Å². The fourth-order valence-electron chi connectivity index (χ4n) is 2.64. The number of rotatable bonds is 6. The molecule has 1 aliphatic rings. The molecule has 0 saturated carbocycles. The molecule has 7 nitrogen and oxygen atoms in total. The molecule has 2 N–H and O–H groups in total. The Balaban J connectivity index is 2.07. The molecule has 1 aliphatic heterocycles. The van der Waals surface area contributed by atoms with Crippen LogP contribution < -0.4 is 5.32 Å². The minimum Gasteiger partial charge on any atom is -0.480 e. The number of hydrogen-bond donors (Lipinski definition) is 2. The first-order chi connectivity index (χ1) is 11.3. The predicted octanol–water partition coefficient (Wildman–Crippen LogP) is 0.827. The maximum atomic E-state index is 12.4. The summed E-state index contributed by atoms with van der Waals surface area (Å²) < 4.78 is 0. The van der Waals surface area contributed by atoms with Crippen molar-refractivity contribution in [2.24, 2.45) is 5.92 Å². The van der Waals surface area contributed by atoms with Gasteiger partial charge in [-0.05, 0) is 38.0 Å². The van der Waals surface area contributed by atoms with Crippen molar-refractivity contribution in [2.75, 3.05) is 6.54 Å². The molecule has 3 amide bonds. The van der Waals surface area contributed by atoms with Gasteiger partial charge < -0.3 is 10.0 Å². The Bertz CT molecular complexity index is 666. The Morgan fingerprint density at radius 1 is 1.25 bits per heavy atom. The number of aliphatic carboxylic acids is 1. The minimum atomic E-state index is -1.06. The quantitative estimate of drug-likeness (QED) is 0.751. The lowest BCUT2D eigenvalue weighted by atomic mass is 9.97. The summed E-state index contributed by atoms with van der Waals surface area (Å²) in [6.45, 7) is 3.15. The van der Waals surface area contributed by atoms with E-state index in [1.54, 1.807) is 38.1 Å². The molecule has 1 aromatic rings. The van der Waals surface area contributed by atoms with Crippen molar-refractivity contribution < 1.29 is 24.3 Å². The van der Waals surface area contributed by atoms with Crippen LogP contribution in [-0.2, 0) is 20.8 Å². The number of imide groups is 1. The molecule has 0 aromatic heterocycles. The van der Waals surface area contributed by atoms with Gasteiger partial charge in [0.2, 0.25) is 11.8 Å². The summed E-state index contributed by atoms with van der Waals surface area (Å²) in [6, 6.07) is 6.44. The number of carboxylic acid groups (broad SMARTS) is 1. The lowest BCUT2D eigenvalue weighted by Crippen LogP contribution is -2.40. The second-order valence-corrected chi connectivity index (χ2v) is 6.14. The van der Waals surface area contributed by atoms with Crippen LogP contribution in [0.2, 0.25) is 0 Å². The van der Waals surface area contributed by atoms with E-state index in [0.717, 1.165) is 5.56 Å². The van der Waals surface area contributed by atoms with Gasteiger partial charge in [0, 0.05) is 18.0 Å². The zero-order valence-corrected chi connectivity index (χ0v) is 13.6. The van der Waals surface area contributed by atoms with Crippen LogP contribution in [0.3, 0.4) is 0 Å². The molecular weight excluding hydrogens is 312 g/mol. The molecule has 2 rings (SSSR count). The summed E-state index contributed by atoms with van der Waals surface area (Å²) in [5, 5.41) is 11.2. The molecule has 1 heterocycles. The molecule has 1 aromatic carbocycles. The van der Waals surface area contributed by atoms with E-state index in [9.17, 15) is 19.2 Å². The smallest absolute Gasteiger partial charge is 0.323 e. The number of hydrogen-bond acceptors (Lipinski definition) is 4. The molecule has 128 valence electrons. The molecule has 1 saturated heterocycles. The van der Waals surface area contributed by atoms with Crippen LogP contribution in [0, 0.1) is 5.92 Å². The van der Waals surface area contributed by atoms with Crippen molar-refractivity contribution in [2.45, 2.75) is 32.7 Å². The third-order valence-corrected chi connectivity index (χ3v) is 3.94. The van der Waals surface area contributed by atoms with Gasteiger partial charge in [-0.25, -0.2) is 0 Å². The van der Waals surface area contributed by atoms with Crippen molar-refractivity contribution in [3.8, 4) is 0 Å². The second kappa shape index (κ2) is 7.25. The van der Waals surface area contributed by atoms with Gasteiger partial charge >= 0.3 is 5.97 Å². The number of carboxylic acids is 1. The summed E-state index contributed by atoms with van der Waals surface area (Å²) in [4.78, 5) is 47.4. The Morgan fingerprint density at radius 3 is 2.33 bits per heavy atom. The first-order valence-corrected chi connectivity index (χ1v) is 7.73. The van der Waals surface area contributed by atoms with Crippen LogP contribution >= 0.6 is 0 Å². The highest BCUT2D eigenvalue weighted by atomic mass is 16.4. The molecule has 24 heavy (non-hydrogen) atoms. The Labute approximate surface area is 139 Å². The van der Waals surface area contributed by atoms with Crippen molar-refractivity contribution in [1.29, 1.82) is 0 Å². The first-order valence-electron chi connectivity index (χ1n) is 7.73. The molecule has 0 spiro atoms. The zero-order valence-electron chi connectivity index (χ0n) is 13.6. The number of amides is 3. The largest absolute Gasteiger partial charge is 0.480 e. The van der Waals surface area contributed by atoms with Gasteiger partial charge in [0.25, 0.3) is 5.91 Å². The summed E-state index contributed by atoms with van der Waals surface area (Å²) in [6.07, 6.45) is 0.605. The average molecular weight is 332 g/mol. The van der Waals surface area contributed by atoms with Crippen LogP contribution in [0.4, 0.5) is 0 Å². The number of nitrogens with one attached hydrogen (secondary N) is 1. The number of carbonyl (C=O) groups is 4. The third kappa shape index (κ3) is 4.18. The first kappa shape index (κ1) is 17.7. The SMILES string of the molecule is CC(C)N(CC(=O)O)C(=O)c1ccc(CC2CC(=O)NC2=O)cc1. The van der Waals surface area contributed by atoms with Crippen molar-refractivity contribution in [1.82, 2.24) is 10.2 Å². The predicted molar refractivity (Wildman–Crippen MR) is 85.2 cm³/mol. The van der Waals surface area contributed by atoms with Gasteiger partial charge in [0.15, 0.2) is 0 Å². The van der Waals surface area contributed by atoms with Gasteiger partial charge in [-0.2, -0.15) is 0 Å². The molecule has 0 bridgehead atoms. The highest BCUT2D eigenvalue weighted by Gasteiger charge is 2.30. The second-order valence-electron chi connectivity index (χ2n) is 6.14. The van der Waals surface area contributed by atoms with E-state index < -0.39 is 5.97 Å². The van der Waals surface area contributed by atoms with E-state index in [2.05, 4.69) is 5.32 Å². The topological polar surface area (TPSA) is 104 Å². The minimum absolute atomic E-state index is 0.180. The zero-order chi connectivity index (χ0) is 17.9. The van der Waals surface area contributed by atoms with Gasteiger partial charge in [-0.3, -0.25) is 24.5 Å². The van der Waals surface area contributed by atoms with Gasteiger partial charge in [0.05, 0.1) is 5.92 Å². The van der Waals surface area contributed by atoms with Gasteiger partial charge in [0.1, 0.15) is 6.54 Å². The molecule has 7 heteroatoms. The van der Waals surface area contributed by atoms with Crippen molar-refractivity contribution in [3.05, 3.63) is 35.4 Å². The Kier molecular flexibility index (Phi) is 5.33. The summed E-state index contributed by atoms with van der Waals surface area (Å²) in [7, 11) is 0. The van der Waals surface area contributed by atoms with Crippen LogP contribution in [0.1, 0.15) is 36.2 Å². The van der Waals surface area contributed by atoms with Gasteiger partial charge in [-0.15, -0.1) is 0 Å². The fraction of sp³-hybridized carbons (Fsp3) is 0.412. The Morgan fingerprint density at radius 2 is 1.88 bits per heavy atom. The van der Waals surface area contributed by atoms with Gasteiger partial charge in [-0.1, -0.05) is 12.1 Å². The summed E-state index contributed by atoms with van der Waals surface area (Å²) in [5.74, 6) is -2.33. The molecule has 1 unspecified atom stereocenters. The molecule has 1 atom stereocenters. The van der Waals surface area contributed by atoms with Crippen LogP contribution in [0.25, 0.3) is 0 Å². The Hall–Kier alpha value is -2.70. The average Bonchev–Trinajstić information content (AvgIpc) is 2.82. The monoisotopic (exact) mass is 332 g/mol. The van der Waals surface area contributed by atoms with Crippen molar-refractivity contribution in [3.63, 3.8) is 0 Å². The van der Waals surface area contributed by atoms with E-state index >= 15 is 0 Å². The van der Waals surface area contributed by atoms with E-state index in [0.29, 0.717) is 12.0 Å². The summed E-state index contributed by atoms with van der Waals surface area (Å²) in [5.41, 5.74) is 1.23.